The highest BCUT2D eigenvalue weighted by Crippen LogP contribution is 2.29. The zero-order chi connectivity index (χ0) is 33.6. The van der Waals surface area contributed by atoms with Crippen LogP contribution in [0.1, 0.15) is 43.0 Å². The lowest BCUT2D eigenvalue weighted by molar-refractivity contribution is 0.104. The molecule has 236 valence electrons. The van der Waals surface area contributed by atoms with Crippen LogP contribution in [0.5, 0.6) is 5.75 Å². The van der Waals surface area contributed by atoms with Crippen molar-refractivity contribution in [2.75, 3.05) is 7.11 Å². The van der Waals surface area contributed by atoms with Crippen molar-refractivity contribution >= 4 is 62.1 Å². The summed E-state index contributed by atoms with van der Waals surface area (Å²) in [5, 5.41) is 6.40. The number of carbonyl (C=O) groups is 2. The van der Waals surface area contributed by atoms with Gasteiger partial charge in [0.15, 0.2) is 11.6 Å². The lowest BCUT2D eigenvalue weighted by Crippen LogP contribution is -1.95. The third-order valence-electron chi connectivity index (χ3n) is 8.79. The summed E-state index contributed by atoms with van der Waals surface area (Å²) in [6.07, 6.45) is 11.8. The molecule has 0 N–H and O–H groups in total. The van der Waals surface area contributed by atoms with Gasteiger partial charge in [0.05, 0.1) is 7.11 Å². The van der Waals surface area contributed by atoms with Crippen molar-refractivity contribution in [3.63, 3.8) is 0 Å². The summed E-state index contributed by atoms with van der Waals surface area (Å²) in [4.78, 5) is 26.6. The molecule has 7 rings (SSSR count). The van der Waals surface area contributed by atoms with E-state index in [-0.39, 0.29) is 11.6 Å². The molecule has 0 spiro atoms. The van der Waals surface area contributed by atoms with Crippen molar-refractivity contribution < 1.29 is 14.3 Å². The normalized spacial score (nSPS) is 11.8. The maximum atomic E-state index is 13.4. The number of rotatable bonds is 10. The highest BCUT2D eigenvalue weighted by Gasteiger charge is 2.09. The van der Waals surface area contributed by atoms with Crippen molar-refractivity contribution in [1.29, 1.82) is 0 Å². The number of carbonyl (C=O) groups excluding carboxylic acids is 2. The molecule has 0 aliphatic heterocycles. The zero-order valence-corrected chi connectivity index (χ0v) is 27.2. The lowest BCUT2D eigenvalue weighted by atomic mass is 9.98. The maximum absolute atomic E-state index is 13.4. The van der Waals surface area contributed by atoms with Crippen molar-refractivity contribution in [2.24, 2.45) is 0 Å². The van der Waals surface area contributed by atoms with Crippen molar-refractivity contribution in [1.82, 2.24) is 0 Å². The summed E-state index contributed by atoms with van der Waals surface area (Å²) in [5.41, 5.74) is 5.09. The maximum Gasteiger partial charge on any atom is 0.186 e. The molecule has 0 aliphatic rings. The largest absolute Gasteiger partial charge is 0.496 e. The minimum absolute atomic E-state index is 0.0654. The first-order valence-electron chi connectivity index (χ1n) is 16.3. The number of benzene rings is 7. The summed E-state index contributed by atoms with van der Waals surface area (Å²) in [7, 11) is 1.70. The van der Waals surface area contributed by atoms with Crippen LogP contribution in [0.3, 0.4) is 0 Å². The Labute approximate surface area is 286 Å². The highest BCUT2D eigenvalue weighted by atomic mass is 16.5. The molecule has 0 heterocycles. The summed E-state index contributed by atoms with van der Waals surface area (Å²) in [6.45, 7) is 0. The number of fused-ring (bicyclic) bond motifs is 3. The predicted molar refractivity (Wildman–Crippen MR) is 204 cm³/mol. The monoisotopic (exact) mass is 634 g/mol. The SMILES string of the molecule is COc1ccc2ccccc2c1C/C=C/c1cc(/C=C/C(=O)c2ccc3ccccc3c2)cc(/C=C/C(=O)c2cccc3ccccc23)c1. The van der Waals surface area contributed by atoms with E-state index in [9.17, 15) is 9.59 Å². The minimum atomic E-state index is -0.0713. The molecule has 0 amide bonds. The molecule has 0 atom stereocenters. The van der Waals surface area contributed by atoms with E-state index in [0.29, 0.717) is 17.5 Å². The van der Waals surface area contributed by atoms with E-state index < -0.39 is 0 Å². The van der Waals surface area contributed by atoms with E-state index in [0.717, 1.165) is 54.9 Å². The molecular weight excluding hydrogens is 601 g/mol. The van der Waals surface area contributed by atoms with E-state index in [1.165, 1.54) is 5.39 Å². The molecule has 0 saturated heterocycles. The number of hydrogen-bond acceptors (Lipinski definition) is 3. The van der Waals surface area contributed by atoms with E-state index in [4.69, 9.17) is 4.74 Å². The molecule has 0 saturated carbocycles. The quantitative estimate of drug-likeness (QED) is 0.111. The highest BCUT2D eigenvalue weighted by molar-refractivity contribution is 6.15. The Morgan fingerprint density at radius 1 is 0.531 bits per heavy atom. The van der Waals surface area contributed by atoms with Crippen LogP contribution in [-0.4, -0.2) is 18.7 Å². The van der Waals surface area contributed by atoms with E-state index in [2.05, 4.69) is 30.4 Å². The van der Waals surface area contributed by atoms with Crippen molar-refractivity contribution in [2.45, 2.75) is 6.42 Å². The average molecular weight is 635 g/mol. The minimum Gasteiger partial charge on any atom is -0.496 e. The Kier molecular flexibility index (Phi) is 9.07. The Morgan fingerprint density at radius 3 is 1.84 bits per heavy atom. The molecule has 0 radical (unpaired) electrons. The van der Waals surface area contributed by atoms with Crippen LogP contribution in [0.4, 0.5) is 0 Å². The van der Waals surface area contributed by atoms with Crippen LogP contribution in [0.15, 0.2) is 158 Å². The molecule has 49 heavy (non-hydrogen) atoms. The third-order valence-corrected chi connectivity index (χ3v) is 8.79. The van der Waals surface area contributed by atoms with Gasteiger partial charge in [0, 0.05) is 16.7 Å². The van der Waals surface area contributed by atoms with Crippen LogP contribution in [0, 0.1) is 0 Å². The Balaban J connectivity index is 1.20. The number of methoxy groups -OCH3 is 1. The van der Waals surface area contributed by atoms with E-state index in [1.807, 2.05) is 133 Å². The fraction of sp³-hybridized carbons (Fsp3) is 0.0435. The predicted octanol–water partition coefficient (Wildman–Crippen LogP) is 11.2. The zero-order valence-electron chi connectivity index (χ0n) is 27.2. The number of allylic oxidation sites excluding steroid dienone is 3. The van der Waals surface area contributed by atoms with Gasteiger partial charge in [-0.2, -0.15) is 0 Å². The van der Waals surface area contributed by atoms with E-state index in [1.54, 1.807) is 19.3 Å². The Hall–Kier alpha value is -6.32. The van der Waals surface area contributed by atoms with Gasteiger partial charge in [-0.05, 0) is 97.9 Å². The molecule has 7 aromatic rings. The molecule has 0 unspecified atom stereocenters. The van der Waals surface area contributed by atoms with Gasteiger partial charge in [-0.3, -0.25) is 9.59 Å². The van der Waals surface area contributed by atoms with Crippen molar-refractivity contribution in [3.05, 3.63) is 191 Å². The van der Waals surface area contributed by atoms with Crippen LogP contribution in [0.2, 0.25) is 0 Å². The average Bonchev–Trinajstić information content (AvgIpc) is 3.15. The van der Waals surface area contributed by atoms with Crippen LogP contribution in [-0.2, 0) is 6.42 Å². The van der Waals surface area contributed by atoms with Crippen LogP contribution < -0.4 is 4.74 Å². The topological polar surface area (TPSA) is 43.4 Å². The second-order valence-electron chi connectivity index (χ2n) is 12.0. The summed E-state index contributed by atoms with van der Waals surface area (Å²) >= 11 is 0. The van der Waals surface area contributed by atoms with Gasteiger partial charge in [0.2, 0.25) is 0 Å². The van der Waals surface area contributed by atoms with Gasteiger partial charge in [-0.15, -0.1) is 0 Å². The van der Waals surface area contributed by atoms with Gasteiger partial charge in [-0.25, -0.2) is 0 Å². The molecule has 3 heteroatoms. The van der Waals surface area contributed by atoms with Crippen LogP contribution in [0.25, 0.3) is 50.5 Å². The molecule has 0 fully saturated rings. The number of ketones is 2. The summed E-state index contributed by atoms with van der Waals surface area (Å²) in [6, 6.07) is 46.0. The van der Waals surface area contributed by atoms with Gasteiger partial charge < -0.3 is 4.74 Å². The lowest BCUT2D eigenvalue weighted by Gasteiger charge is -2.10. The third kappa shape index (κ3) is 7.02. The molecule has 0 bridgehead atoms. The fourth-order valence-electron chi connectivity index (χ4n) is 6.33. The summed E-state index contributed by atoms with van der Waals surface area (Å²) < 4.78 is 5.71. The first-order valence-corrected chi connectivity index (χ1v) is 16.3. The van der Waals surface area contributed by atoms with Crippen molar-refractivity contribution in [3.8, 4) is 5.75 Å². The van der Waals surface area contributed by atoms with Crippen LogP contribution >= 0.6 is 0 Å². The first-order chi connectivity index (χ1) is 24.1. The number of ether oxygens (including phenoxy) is 1. The molecule has 7 aromatic carbocycles. The summed E-state index contributed by atoms with van der Waals surface area (Å²) in [5.74, 6) is 0.713. The van der Waals surface area contributed by atoms with Gasteiger partial charge in [0.25, 0.3) is 0 Å². The first kappa shape index (κ1) is 31.3. The van der Waals surface area contributed by atoms with Gasteiger partial charge in [-0.1, -0.05) is 133 Å². The molecule has 3 nitrogen and oxygen atoms in total. The second kappa shape index (κ2) is 14.2. The van der Waals surface area contributed by atoms with E-state index >= 15 is 0 Å². The Bertz CT molecular complexity index is 2440. The smallest absolute Gasteiger partial charge is 0.186 e. The molecule has 0 aliphatic carbocycles. The molecular formula is C46H34O3. The van der Waals surface area contributed by atoms with Gasteiger partial charge >= 0.3 is 0 Å². The van der Waals surface area contributed by atoms with Gasteiger partial charge in [0.1, 0.15) is 5.75 Å². The fourth-order valence-corrected chi connectivity index (χ4v) is 6.33. The standard InChI is InChI=1S/C46H34O3/c1-49-46-27-24-37-13-5-7-17-41(37)43(46)19-8-10-32-28-33(20-25-44(47)39-23-22-35-11-2-3-14-38(35)31-39)30-34(29-32)21-26-45(48)42-18-9-15-36-12-4-6-16-40(36)42/h2-18,20-31H,19H2,1H3/b10-8+,25-20+,26-21+. The molecule has 0 aromatic heterocycles. The Morgan fingerprint density at radius 2 is 1.10 bits per heavy atom. The second-order valence-corrected chi connectivity index (χ2v) is 12.0. The number of hydrogen-bond donors (Lipinski definition) is 0.